The summed E-state index contributed by atoms with van der Waals surface area (Å²) in [6, 6.07) is 0. The molecule has 0 aliphatic heterocycles. The van der Waals surface area contributed by atoms with Crippen LogP contribution in [0.2, 0.25) is 0 Å². The molecule has 0 aromatic rings. The molecule has 16 heavy (non-hydrogen) atoms. The van der Waals surface area contributed by atoms with Gasteiger partial charge in [0.15, 0.2) is 0 Å². The molecule has 0 aliphatic rings. The van der Waals surface area contributed by atoms with Crippen molar-refractivity contribution in [2.24, 2.45) is 0 Å². The van der Waals surface area contributed by atoms with Gasteiger partial charge in [-0.05, 0) is 46.3 Å². The van der Waals surface area contributed by atoms with Crippen LogP contribution < -0.4 is 0 Å². The topological polar surface area (TPSA) is 18.5 Å². The van der Waals surface area contributed by atoms with E-state index in [9.17, 15) is 0 Å². The molecule has 0 N–H and O–H groups in total. The van der Waals surface area contributed by atoms with Gasteiger partial charge in [0.1, 0.15) is 0 Å². The summed E-state index contributed by atoms with van der Waals surface area (Å²) in [6.07, 6.45) is 5.71. The van der Waals surface area contributed by atoms with Crippen LogP contribution in [0.15, 0.2) is 48.3 Å². The van der Waals surface area contributed by atoms with Gasteiger partial charge in [0, 0.05) is 6.42 Å². The monoisotopic (exact) mass is 222 g/mol. The van der Waals surface area contributed by atoms with Crippen LogP contribution in [0.25, 0.3) is 0 Å². The van der Waals surface area contributed by atoms with E-state index in [1.54, 1.807) is 0 Å². The molecule has 0 aromatic heterocycles. The summed E-state index contributed by atoms with van der Waals surface area (Å²) >= 11 is 0. The quantitative estimate of drug-likeness (QED) is 0.582. The van der Waals surface area contributed by atoms with E-state index in [1.807, 2.05) is 39.8 Å². The Hall–Kier alpha value is -1.44. The standard InChI is InChI=1S/C14H22O2/c1-7-14(16-12(4)5)10-8-9-13(6)15-11(2)3/h7,9H,2,4,8,10H2,1,3,5-6H3/b13-9-,14-7-. The molecular formula is C14H22O2. The fourth-order valence-electron chi connectivity index (χ4n) is 1.21. The van der Waals surface area contributed by atoms with Crippen molar-refractivity contribution >= 4 is 0 Å². The summed E-state index contributed by atoms with van der Waals surface area (Å²) in [6.45, 7) is 14.9. The molecule has 0 bridgehead atoms. The molecule has 0 saturated carbocycles. The molecule has 0 radical (unpaired) electrons. The molecule has 2 heteroatoms. The molecule has 0 fully saturated rings. The van der Waals surface area contributed by atoms with Crippen LogP contribution in [0.4, 0.5) is 0 Å². The highest BCUT2D eigenvalue weighted by molar-refractivity contribution is 5.00. The lowest BCUT2D eigenvalue weighted by Crippen LogP contribution is -1.90. The maximum atomic E-state index is 5.44. The van der Waals surface area contributed by atoms with Crippen molar-refractivity contribution in [2.75, 3.05) is 0 Å². The molecular weight excluding hydrogens is 200 g/mol. The van der Waals surface area contributed by atoms with Gasteiger partial charge in [0.25, 0.3) is 0 Å². The molecule has 0 heterocycles. The molecule has 0 saturated heterocycles. The molecule has 0 rings (SSSR count). The van der Waals surface area contributed by atoms with E-state index in [1.165, 1.54) is 0 Å². The lowest BCUT2D eigenvalue weighted by atomic mass is 10.2. The van der Waals surface area contributed by atoms with Gasteiger partial charge in [0.05, 0.1) is 23.0 Å². The van der Waals surface area contributed by atoms with Crippen LogP contribution in [0.5, 0.6) is 0 Å². The van der Waals surface area contributed by atoms with Gasteiger partial charge in [-0.15, -0.1) is 0 Å². The van der Waals surface area contributed by atoms with Crippen LogP contribution in [-0.4, -0.2) is 0 Å². The second-order valence-electron chi connectivity index (χ2n) is 3.72. The van der Waals surface area contributed by atoms with Crippen molar-refractivity contribution in [1.29, 1.82) is 0 Å². The minimum absolute atomic E-state index is 0.707. The second kappa shape index (κ2) is 7.80. The predicted octanol–water partition coefficient (Wildman–Crippen LogP) is 4.67. The Morgan fingerprint density at radius 3 is 2.06 bits per heavy atom. The number of hydrogen-bond donors (Lipinski definition) is 0. The SMILES string of the molecule is C=C(C)O/C(C)=C\CC/C(=C/C)OC(=C)C. The highest BCUT2D eigenvalue weighted by Crippen LogP contribution is 2.13. The summed E-state index contributed by atoms with van der Waals surface area (Å²) in [7, 11) is 0. The van der Waals surface area contributed by atoms with Gasteiger partial charge in [-0.1, -0.05) is 13.2 Å². The first-order valence-electron chi connectivity index (χ1n) is 5.44. The van der Waals surface area contributed by atoms with Gasteiger partial charge in [0.2, 0.25) is 0 Å². The minimum Gasteiger partial charge on any atom is -0.468 e. The Morgan fingerprint density at radius 2 is 1.62 bits per heavy atom. The van der Waals surface area contributed by atoms with Crippen molar-refractivity contribution in [3.63, 3.8) is 0 Å². The Bertz CT molecular complexity index is 309. The molecule has 0 amide bonds. The molecule has 0 atom stereocenters. The summed E-state index contributed by atoms with van der Waals surface area (Å²) in [4.78, 5) is 0. The maximum Gasteiger partial charge on any atom is 0.0996 e. The average Bonchev–Trinajstić information content (AvgIpc) is 2.14. The zero-order valence-electron chi connectivity index (χ0n) is 10.8. The zero-order chi connectivity index (χ0) is 12.6. The summed E-state index contributed by atoms with van der Waals surface area (Å²) in [5.74, 6) is 3.23. The number of allylic oxidation sites excluding steroid dienone is 6. The van der Waals surface area contributed by atoms with Crippen LogP contribution in [-0.2, 0) is 9.47 Å². The highest BCUT2D eigenvalue weighted by Gasteiger charge is 1.97. The number of rotatable bonds is 7. The smallest absolute Gasteiger partial charge is 0.0996 e. The normalized spacial score (nSPS) is 12.2. The van der Waals surface area contributed by atoms with Crippen molar-refractivity contribution in [3.8, 4) is 0 Å². The number of hydrogen-bond acceptors (Lipinski definition) is 2. The summed E-state index contributed by atoms with van der Waals surface area (Å²) < 4.78 is 10.8. The molecule has 0 spiro atoms. The van der Waals surface area contributed by atoms with E-state index in [0.29, 0.717) is 11.5 Å². The molecule has 0 aliphatic carbocycles. The van der Waals surface area contributed by atoms with Crippen molar-refractivity contribution in [1.82, 2.24) is 0 Å². The van der Waals surface area contributed by atoms with E-state index in [-0.39, 0.29) is 0 Å². The summed E-state index contributed by atoms with van der Waals surface area (Å²) in [5, 5.41) is 0. The average molecular weight is 222 g/mol. The van der Waals surface area contributed by atoms with Gasteiger partial charge in [-0.25, -0.2) is 0 Å². The van der Waals surface area contributed by atoms with Gasteiger partial charge in [-0.2, -0.15) is 0 Å². The minimum atomic E-state index is 0.707. The van der Waals surface area contributed by atoms with Crippen LogP contribution in [0, 0.1) is 0 Å². The Morgan fingerprint density at radius 1 is 1.06 bits per heavy atom. The Labute approximate surface area is 99.0 Å². The first kappa shape index (κ1) is 14.6. The van der Waals surface area contributed by atoms with Gasteiger partial charge < -0.3 is 9.47 Å². The first-order valence-corrected chi connectivity index (χ1v) is 5.44. The van der Waals surface area contributed by atoms with Crippen molar-refractivity contribution in [3.05, 3.63) is 48.3 Å². The molecule has 0 unspecified atom stereocenters. The van der Waals surface area contributed by atoms with E-state index in [0.717, 1.165) is 24.4 Å². The van der Waals surface area contributed by atoms with Gasteiger partial charge in [-0.3, -0.25) is 0 Å². The third-order valence-electron chi connectivity index (χ3n) is 1.79. The lowest BCUT2D eigenvalue weighted by Gasteiger charge is -2.08. The Kier molecular flexibility index (Phi) is 7.10. The predicted molar refractivity (Wildman–Crippen MR) is 68.5 cm³/mol. The van der Waals surface area contributed by atoms with E-state index < -0.39 is 0 Å². The largest absolute Gasteiger partial charge is 0.468 e. The molecule has 90 valence electrons. The fraction of sp³-hybridized carbons (Fsp3) is 0.429. The third kappa shape index (κ3) is 7.92. The van der Waals surface area contributed by atoms with Gasteiger partial charge >= 0.3 is 0 Å². The van der Waals surface area contributed by atoms with Crippen molar-refractivity contribution < 1.29 is 9.47 Å². The fourth-order valence-corrected chi connectivity index (χ4v) is 1.21. The van der Waals surface area contributed by atoms with E-state index in [2.05, 4.69) is 13.2 Å². The van der Waals surface area contributed by atoms with Crippen LogP contribution in [0.3, 0.4) is 0 Å². The van der Waals surface area contributed by atoms with Crippen molar-refractivity contribution in [2.45, 2.75) is 40.5 Å². The van der Waals surface area contributed by atoms with Crippen LogP contribution in [0.1, 0.15) is 40.5 Å². The highest BCUT2D eigenvalue weighted by atomic mass is 16.5. The maximum absolute atomic E-state index is 5.44. The lowest BCUT2D eigenvalue weighted by molar-refractivity contribution is 0.291. The third-order valence-corrected chi connectivity index (χ3v) is 1.79. The molecule has 2 nitrogen and oxygen atoms in total. The van der Waals surface area contributed by atoms with Crippen LogP contribution >= 0.6 is 0 Å². The molecule has 0 aromatic carbocycles. The summed E-state index contributed by atoms with van der Waals surface area (Å²) in [5.41, 5.74) is 0. The number of ether oxygens (including phenoxy) is 2. The van der Waals surface area contributed by atoms with E-state index in [4.69, 9.17) is 9.47 Å². The Balaban J connectivity index is 4.04. The van der Waals surface area contributed by atoms with E-state index >= 15 is 0 Å². The first-order chi connectivity index (χ1) is 7.45. The zero-order valence-corrected chi connectivity index (χ0v) is 10.8. The second-order valence-corrected chi connectivity index (χ2v) is 3.72.